The lowest BCUT2D eigenvalue weighted by atomic mass is 9.85. The van der Waals surface area contributed by atoms with Gasteiger partial charge in [0.15, 0.2) is 0 Å². The van der Waals surface area contributed by atoms with Crippen LogP contribution in [0.15, 0.2) is 0 Å². The molecule has 2 unspecified atom stereocenters. The molecular weight excluding hydrogens is 248 g/mol. The van der Waals surface area contributed by atoms with Gasteiger partial charge in [-0.2, -0.15) is 0 Å². The molecule has 0 spiro atoms. The van der Waals surface area contributed by atoms with E-state index in [4.69, 9.17) is 10.5 Å². The summed E-state index contributed by atoms with van der Waals surface area (Å²) in [5.74, 6) is 1.71. The van der Waals surface area contributed by atoms with E-state index in [1.807, 2.05) is 7.11 Å². The van der Waals surface area contributed by atoms with E-state index in [1.165, 1.54) is 44.9 Å². The first-order valence-electron chi connectivity index (χ1n) is 8.58. The summed E-state index contributed by atoms with van der Waals surface area (Å²) in [5.41, 5.74) is 6.54. The van der Waals surface area contributed by atoms with Crippen molar-refractivity contribution in [2.24, 2.45) is 17.6 Å². The minimum absolute atomic E-state index is 0.253. The highest BCUT2D eigenvalue weighted by Gasteiger charge is 2.44. The molecule has 2 fully saturated rings. The van der Waals surface area contributed by atoms with E-state index in [1.54, 1.807) is 0 Å². The summed E-state index contributed by atoms with van der Waals surface area (Å²) in [7, 11) is 1.81. The largest absolute Gasteiger partial charge is 0.383 e. The van der Waals surface area contributed by atoms with Crippen molar-refractivity contribution < 1.29 is 4.74 Å². The third-order valence-corrected chi connectivity index (χ3v) is 5.65. The molecule has 0 aromatic heterocycles. The molecule has 2 rings (SSSR count). The minimum Gasteiger partial charge on any atom is -0.383 e. The molecule has 0 radical (unpaired) electrons. The predicted molar refractivity (Wildman–Crippen MR) is 84.8 cm³/mol. The van der Waals surface area contributed by atoms with Gasteiger partial charge in [0, 0.05) is 31.8 Å². The fraction of sp³-hybridized carbons (Fsp3) is 1.00. The molecule has 20 heavy (non-hydrogen) atoms. The number of nitrogens with zero attached hydrogens (tertiary/aromatic N) is 1. The van der Waals surface area contributed by atoms with Crippen LogP contribution < -0.4 is 5.73 Å². The first kappa shape index (κ1) is 16.3. The van der Waals surface area contributed by atoms with Gasteiger partial charge in [0.25, 0.3) is 0 Å². The van der Waals surface area contributed by atoms with Crippen molar-refractivity contribution in [1.29, 1.82) is 0 Å². The molecule has 0 heterocycles. The zero-order valence-electron chi connectivity index (χ0n) is 13.7. The number of hydrogen-bond donors (Lipinski definition) is 1. The van der Waals surface area contributed by atoms with Crippen molar-refractivity contribution in [1.82, 2.24) is 4.90 Å². The summed E-state index contributed by atoms with van der Waals surface area (Å²) < 4.78 is 5.34. The average Bonchev–Trinajstić information content (AvgIpc) is 3.25. The summed E-state index contributed by atoms with van der Waals surface area (Å²) in [5, 5.41) is 0. The Kier molecular flexibility index (Phi) is 5.88. The second kappa shape index (κ2) is 7.24. The van der Waals surface area contributed by atoms with Crippen LogP contribution in [-0.4, -0.2) is 43.3 Å². The zero-order valence-corrected chi connectivity index (χ0v) is 13.7. The Morgan fingerprint density at radius 3 is 2.50 bits per heavy atom. The number of nitrogens with two attached hydrogens (primary N) is 1. The standard InChI is InChI=1S/C17H34N2O/c1-14(2)15-5-4-9-17(13-18,10-8-15)19(11-12-20-3)16-6-7-16/h14-16H,4-13,18H2,1-3H3. The average molecular weight is 282 g/mol. The predicted octanol–water partition coefficient (Wildman–Crippen LogP) is 3.03. The Bertz CT molecular complexity index is 291. The van der Waals surface area contributed by atoms with Crippen LogP contribution in [0, 0.1) is 11.8 Å². The smallest absolute Gasteiger partial charge is 0.0590 e. The summed E-state index contributed by atoms with van der Waals surface area (Å²) in [4.78, 5) is 2.72. The summed E-state index contributed by atoms with van der Waals surface area (Å²) in [6.45, 7) is 7.47. The van der Waals surface area contributed by atoms with Crippen LogP contribution in [0.1, 0.15) is 58.8 Å². The Morgan fingerprint density at radius 2 is 1.95 bits per heavy atom. The quantitative estimate of drug-likeness (QED) is 0.729. The van der Waals surface area contributed by atoms with E-state index < -0.39 is 0 Å². The maximum atomic E-state index is 6.28. The molecule has 0 aromatic rings. The number of ether oxygens (including phenoxy) is 1. The molecule has 0 amide bonds. The zero-order chi connectivity index (χ0) is 14.6. The Hall–Kier alpha value is -0.120. The third-order valence-electron chi connectivity index (χ3n) is 5.65. The molecule has 3 nitrogen and oxygen atoms in total. The van der Waals surface area contributed by atoms with Crippen LogP contribution in [0.25, 0.3) is 0 Å². The SMILES string of the molecule is COCCN(C1CC1)C1(CN)CCCC(C(C)C)CC1. The molecule has 3 heteroatoms. The monoisotopic (exact) mass is 282 g/mol. The van der Waals surface area contributed by atoms with Gasteiger partial charge in [-0.05, 0) is 43.9 Å². The van der Waals surface area contributed by atoms with Gasteiger partial charge in [-0.3, -0.25) is 4.90 Å². The number of methoxy groups -OCH3 is 1. The lowest BCUT2D eigenvalue weighted by Crippen LogP contribution is -2.55. The maximum absolute atomic E-state index is 6.28. The normalized spacial score (nSPS) is 31.8. The van der Waals surface area contributed by atoms with Gasteiger partial charge in [0.1, 0.15) is 0 Å². The molecular formula is C17H34N2O. The minimum atomic E-state index is 0.253. The van der Waals surface area contributed by atoms with Crippen molar-refractivity contribution in [3.63, 3.8) is 0 Å². The molecule has 2 atom stereocenters. The van der Waals surface area contributed by atoms with E-state index in [0.29, 0.717) is 0 Å². The molecule has 0 bridgehead atoms. The van der Waals surface area contributed by atoms with Crippen molar-refractivity contribution in [3.05, 3.63) is 0 Å². The lowest BCUT2D eigenvalue weighted by molar-refractivity contribution is 0.0403. The second-order valence-corrected chi connectivity index (χ2v) is 7.28. The highest BCUT2D eigenvalue weighted by atomic mass is 16.5. The van der Waals surface area contributed by atoms with Crippen molar-refractivity contribution >= 4 is 0 Å². The molecule has 0 saturated heterocycles. The van der Waals surface area contributed by atoms with Gasteiger partial charge in [-0.25, -0.2) is 0 Å². The second-order valence-electron chi connectivity index (χ2n) is 7.28. The molecule has 2 saturated carbocycles. The molecule has 0 aliphatic heterocycles. The first-order valence-corrected chi connectivity index (χ1v) is 8.58. The highest BCUT2D eigenvalue weighted by Crippen LogP contribution is 2.41. The fourth-order valence-corrected chi connectivity index (χ4v) is 4.07. The topological polar surface area (TPSA) is 38.5 Å². The number of hydrogen-bond acceptors (Lipinski definition) is 3. The third kappa shape index (κ3) is 3.75. The van der Waals surface area contributed by atoms with E-state index >= 15 is 0 Å². The Balaban J connectivity index is 2.06. The summed E-state index contributed by atoms with van der Waals surface area (Å²) in [6, 6.07) is 0.782. The van der Waals surface area contributed by atoms with Gasteiger partial charge < -0.3 is 10.5 Å². The van der Waals surface area contributed by atoms with Crippen LogP contribution in [0.5, 0.6) is 0 Å². The van der Waals surface area contributed by atoms with Gasteiger partial charge in [-0.1, -0.05) is 26.7 Å². The van der Waals surface area contributed by atoms with Crippen LogP contribution in [0.4, 0.5) is 0 Å². The molecule has 118 valence electrons. The van der Waals surface area contributed by atoms with Gasteiger partial charge in [-0.15, -0.1) is 0 Å². The molecule has 0 aromatic carbocycles. The van der Waals surface area contributed by atoms with Gasteiger partial charge in [0.05, 0.1) is 6.61 Å². The number of rotatable bonds is 7. The van der Waals surface area contributed by atoms with E-state index in [0.717, 1.165) is 37.6 Å². The van der Waals surface area contributed by atoms with Crippen molar-refractivity contribution in [2.75, 3.05) is 26.8 Å². The lowest BCUT2D eigenvalue weighted by Gasteiger charge is -2.44. The molecule has 2 aliphatic carbocycles. The van der Waals surface area contributed by atoms with Crippen molar-refractivity contribution in [2.45, 2.75) is 70.4 Å². The molecule has 2 aliphatic rings. The Labute approximate surface area is 125 Å². The fourth-order valence-electron chi connectivity index (χ4n) is 4.07. The highest BCUT2D eigenvalue weighted by molar-refractivity contribution is 5.00. The maximum Gasteiger partial charge on any atom is 0.0590 e. The molecule has 2 N–H and O–H groups in total. The van der Waals surface area contributed by atoms with Crippen molar-refractivity contribution in [3.8, 4) is 0 Å². The Morgan fingerprint density at radius 1 is 1.20 bits per heavy atom. The van der Waals surface area contributed by atoms with E-state index in [2.05, 4.69) is 18.7 Å². The van der Waals surface area contributed by atoms with E-state index in [-0.39, 0.29) is 5.54 Å². The van der Waals surface area contributed by atoms with Crippen LogP contribution >= 0.6 is 0 Å². The van der Waals surface area contributed by atoms with E-state index in [9.17, 15) is 0 Å². The van der Waals surface area contributed by atoms with Gasteiger partial charge in [0.2, 0.25) is 0 Å². The van der Waals surface area contributed by atoms with Crippen LogP contribution in [0.2, 0.25) is 0 Å². The van der Waals surface area contributed by atoms with Crippen LogP contribution in [-0.2, 0) is 4.74 Å². The summed E-state index contributed by atoms with van der Waals surface area (Å²) >= 11 is 0. The first-order chi connectivity index (χ1) is 9.63. The summed E-state index contributed by atoms with van der Waals surface area (Å²) in [6.07, 6.45) is 9.38. The van der Waals surface area contributed by atoms with Crippen LogP contribution in [0.3, 0.4) is 0 Å². The van der Waals surface area contributed by atoms with Gasteiger partial charge >= 0.3 is 0 Å².